The van der Waals surface area contributed by atoms with Crippen LogP contribution in [0, 0.1) is 0 Å². The van der Waals surface area contributed by atoms with Gasteiger partial charge in [-0.05, 0) is 25.0 Å². The molecule has 5 heteroatoms. The summed E-state index contributed by atoms with van der Waals surface area (Å²) >= 11 is 0. The Balaban J connectivity index is 2.11. The number of rotatable bonds is 2. The molecule has 0 aliphatic carbocycles. The lowest BCUT2D eigenvalue weighted by Crippen LogP contribution is -2.17. The molecule has 0 bridgehead atoms. The largest absolute Gasteiger partial charge is 0.423 e. The Morgan fingerprint density at radius 3 is 2.82 bits per heavy atom. The van der Waals surface area contributed by atoms with Crippen molar-refractivity contribution in [1.82, 2.24) is 4.98 Å². The molecule has 0 radical (unpaired) electrons. The van der Waals surface area contributed by atoms with Crippen molar-refractivity contribution in [1.29, 1.82) is 0 Å². The van der Waals surface area contributed by atoms with Gasteiger partial charge in [-0.2, -0.15) is 4.98 Å². The number of nitrogens with zero attached hydrogens (tertiary/aromatic N) is 2. The molecule has 0 saturated carbocycles. The van der Waals surface area contributed by atoms with E-state index in [1.54, 1.807) is 18.2 Å². The number of hydrogen-bond donors (Lipinski definition) is 1. The highest BCUT2D eigenvalue weighted by molar-refractivity contribution is 6.03. The van der Waals surface area contributed by atoms with Crippen LogP contribution >= 0.6 is 0 Å². The summed E-state index contributed by atoms with van der Waals surface area (Å²) in [5, 5.41) is 0. The molecule has 1 aromatic carbocycles. The molecule has 2 aromatic rings. The molecule has 0 unspecified atom stereocenters. The number of fused-ring (bicyclic) bond motifs is 1. The van der Waals surface area contributed by atoms with Crippen LogP contribution in [0.3, 0.4) is 0 Å². The molecule has 1 aliphatic heterocycles. The SMILES string of the molecule is NC(=O)c1cccc2oc(N3CCCC3)nc12. The molecule has 1 aromatic heterocycles. The maximum Gasteiger partial charge on any atom is 0.298 e. The molecule has 1 amide bonds. The monoisotopic (exact) mass is 231 g/mol. The highest BCUT2D eigenvalue weighted by Crippen LogP contribution is 2.26. The third kappa shape index (κ3) is 1.63. The van der Waals surface area contributed by atoms with Crippen LogP contribution in [0.4, 0.5) is 6.01 Å². The van der Waals surface area contributed by atoms with Gasteiger partial charge in [0.1, 0.15) is 5.52 Å². The van der Waals surface area contributed by atoms with Crippen molar-refractivity contribution in [2.75, 3.05) is 18.0 Å². The zero-order valence-electron chi connectivity index (χ0n) is 9.35. The average Bonchev–Trinajstić information content (AvgIpc) is 2.96. The summed E-state index contributed by atoms with van der Waals surface area (Å²) in [6.07, 6.45) is 2.31. The van der Waals surface area contributed by atoms with E-state index in [1.807, 2.05) is 0 Å². The fourth-order valence-electron chi connectivity index (χ4n) is 2.18. The number of aromatic nitrogens is 1. The van der Waals surface area contributed by atoms with Gasteiger partial charge >= 0.3 is 0 Å². The summed E-state index contributed by atoms with van der Waals surface area (Å²) in [5.41, 5.74) is 6.89. The van der Waals surface area contributed by atoms with E-state index in [0.29, 0.717) is 22.7 Å². The zero-order valence-corrected chi connectivity index (χ0v) is 9.35. The molecule has 0 spiro atoms. The van der Waals surface area contributed by atoms with Gasteiger partial charge in [0.2, 0.25) is 0 Å². The fourth-order valence-corrected chi connectivity index (χ4v) is 2.18. The number of anilines is 1. The van der Waals surface area contributed by atoms with Crippen LogP contribution in [-0.4, -0.2) is 24.0 Å². The first-order valence-electron chi connectivity index (χ1n) is 5.70. The van der Waals surface area contributed by atoms with Gasteiger partial charge in [0.15, 0.2) is 5.58 Å². The van der Waals surface area contributed by atoms with Gasteiger partial charge in [-0.15, -0.1) is 0 Å². The van der Waals surface area contributed by atoms with E-state index in [2.05, 4.69) is 9.88 Å². The van der Waals surface area contributed by atoms with Gasteiger partial charge in [-0.3, -0.25) is 4.79 Å². The first kappa shape index (κ1) is 10.1. The van der Waals surface area contributed by atoms with E-state index in [1.165, 1.54) is 0 Å². The molecule has 1 aliphatic rings. The molecule has 1 saturated heterocycles. The summed E-state index contributed by atoms with van der Waals surface area (Å²) in [5.74, 6) is -0.475. The standard InChI is InChI=1S/C12H13N3O2/c13-11(16)8-4-3-5-9-10(8)14-12(17-9)15-6-1-2-7-15/h3-5H,1-2,6-7H2,(H2,13,16). The van der Waals surface area contributed by atoms with Crippen LogP contribution in [0.5, 0.6) is 0 Å². The lowest BCUT2D eigenvalue weighted by atomic mass is 10.2. The maximum atomic E-state index is 11.3. The van der Waals surface area contributed by atoms with Crippen molar-refractivity contribution in [3.63, 3.8) is 0 Å². The smallest absolute Gasteiger partial charge is 0.298 e. The Morgan fingerprint density at radius 1 is 1.35 bits per heavy atom. The third-order valence-corrected chi connectivity index (χ3v) is 3.05. The number of para-hydroxylation sites is 1. The van der Waals surface area contributed by atoms with Crippen molar-refractivity contribution in [2.45, 2.75) is 12.8 Å². The highest BCUT2D eigenvalue weighted by atomic mass is 16.4. The third-order valence-electron chi connectivity index (χ3n) is 3.05. The number of benzene rings is 1. The molecule has 3 rings (SSSR count). The van der Waals surface area contributed by atoms with Gasteiger partial charge in [0.25, 0.3) is 11.9 Å². The fraction of sp³-hybridized carbons (Fsp3) is 0.333. The molecule has 17 heavy (non-hydrogen) atoms. The number of oxazole rings is 1. The molecule has 0 atom stereocenters. The Hall–Kier alpha value is -2.04. The number of amides is 1. The van der Waals surface area contributed by atoms with Crippen LogP contribution < -0.4 is 10.6 Å². The maximum absolute atomic E-state index is 11.3. The van der Waals surface area contributed by atoms with Gasteiger partial charge in [0, 0.05) is 13.1 Å². The molecule has 88 valence electrons. The van der Waals surface area contributed by atoms with E-state index >= 15 is 0 Å². The summed E-state index contributed by atoms with van der Waals surface area (Å²) in [7, 11) is 0. The van der Waals surface area contributed by atoms with E-state index in [9.17, 15) is 4.79 Å². The van der Waals surface area contributed by atoms with Crippen LogP contribution in [0.15, 0.2) is 22.6 Å². The number of primary amides is 1. The summed E-state index contributed by atoms with van der Waals surface area (Å²) in [6, 6.07) is 5.81. The van der Waals surface area contributed by atoms with Crippen molar-refractivity contribution in [3.8, 4) is 0 Å². The lowest BCUT2D eigenvalue weighted by molar-refractivity contribution is 0.100. The van der Waals surface area contributed by atoms with Crippen molar-refractivity contribution >= 4 is 23.0 Å². The topological polar surface area (TPSA) is 72.4 Å². The van der Waals surface area contributed by atoms with E-state index in [0.717, 1.165) is 25.9 Å². The first-order valence-corrected chi connectivity index (χ1v) is 5.70. The first-order chi connectivity index (χ1) is 8.25. The quantitative estimate of drug-likeness (QED) is 0.850. The predicted octanol–water partition coefficient (Wildman–Crippen LogP) is 1.53. The van der Waals surface area contributed by atoms with Crippen molar-refractivity contribution in [3.05, 3.63) is 23.8 Å². The second kappa shape index (κ2) is 3.76. The Kier molecular flexibility index (Phi) is 2.24. The minimum atomic E-state index is -0.475. The van der Waals surface area contributed by atoms with Crippen molar-refractivity contribution in [2.24, 2.45) is 5.73 Å². The minimum Gasteiger partial charge on any atom is -0.423 e. The van der Waals surface area contributed by atoms with E-state index in [-0.39, 0.29) is 0 Å². The van der Waals surface area contributed by atoms with Gasteiger partial charge in [-0.1, -0.05) is 6.07 Å². The zero-order chi connectivity index (χ0) is 11.8. The Morgan fingerprint density at radius 2 is 2.12 bits per heavy atom. The second-order valence-electron chi connectivity index (χ2n) is 4.21. The van der Waals surface area contributed by atoms with Gasteiger partial charge in [0.05, 0.1) is 5.56 Å². The van der Waals surface area contributed by atoms with Crippen LogP contribution in [0.2, 0.25) is 0 Å². The van der Waals surface area contributed by atoms with Gasteiger partial charge in [-0.25, -0.2) is 0 Å². The van der Waals surface area contributed by atoms with Gasteiger partial charge < -0.3 is 15.1 Å². The van der Waals surface area contributed by atoms with Crippen molar-refractivity contribution < 1.29 is 9.21 Å². The van der Waals surface area contributed by atoms with E-state index in [4.69, 9.17) is 10.2 Å². The number of nitrogens with two attached hydrogens (primary N) is 1. The lowest BCUT2D eigenvalue weighted by Gasteiger charge is -2.10. The van der Waals surface area contributed by atoms with Crippen LogP contribution in [-0.2, 0) is 0 Å². The Labute approximate surface area is 98.2 Å². The molecule has 5 nitrogen and oxygen atoms in total. The molecule has 2 heterocycles. The van der Waals surface area contributed by atoms with E-state index < -0.39 is 5.91 Å². The Bertz CT molecular complexity index is 570. The second-order valence-corrected chi connectivity index (χ2v) is 4.21. The molecule has 2 N–H and O–H groups in total. The number of hydrogen-bond acceptors (Lipinski definition) is 4. The molecule has 1 fully saturated rings. The van der Waals surface area contributed by atoms with Crippen LogP contribution in [0.1, 0.15) is 23.2 Å². The highest BCUT2D eigenvalue weighted by Gasteiger charge is 2.19. The summed E-state index contributed by atoms with van der Waals surface area (Å²) in [6.45, 7) is 1.91. The number of carbonyl (C=O) groups excluding carboxylic acids is 1. The minimum absolute atomic E-state index is 0.414. The van der Waals surface area contributed by atoms with Crippen LogP contribution in [0.25, 0.3) is 11.1 Å². The normalized spacial score (nSPS) is 15.6. The molecular formula is C12H13N3O2. The predicted molar refractivity (Wildman–Crippen MR) is 64.0 cm³/mol. The summed E-state index contributed by atoms with van der Waals surface area (Å²) in [4.78, 5) is 17.7. The molecular weight excluding hydrogens is 218 g/mol. The average molecular weight is 231 g/mol. The number of carbonyl (C=O) groups is 1. The summed E-state index contributed by atoms with van der Waals surface area (Å²) < 4.78 is 5.65.